The normalized spacial score (nSPS) is 9.90. The molecule has 0 fully saturated rings. The molecular weight excluding hydrogens is 148 g/mol. The van der Waals surface area contributed by atoms with Crippen LogP contribution in [0, 0.1) is 6.92 Å². The van der Waals surface area contributed by atoms with Gasteiger partial charge in [-0.15, -0.1) is 0 Å². The molecule has 0 aromatic carbocycles. The van der Waals surface area contributed by atoms with E-state index in [1.807, 2.05) is 13.8 Å². The molecule has 1 heterocycles. The molecule has 0 saturated carbocycles. The van der Waals surface area contributed by atoms with Crippen LogP contribution < -0.4 is 0 Å². The Hall–Kier alpha value is -0.630. The standard InChI is InChI=1S/C7H9ClN2/c1-3-6-9-4-5(2)7(8)10-6/h4H,3H2,1-2H3. The molecule has 1 aromatic heterocycles. The Morgan fingerprint density at radius 2 is 2.30 bits per heavy atom. The van der Waals surface area contributed by atoms with Gasteiger partial charge in [0, 0.05) is 18.2 Å². The first-order valence-corrected chi connectivity index (χ1v) is 3.60. The summed E-state index contributed by atoms with van der Waals surface area (Å²) in [6, 6.07) is 0. The van der Waals surface area contributed by atoms with Gasteiger partial charge in [0.1, 0.15) is 11.0 Å². The second-order valence-corrected chi connectivity index (χ2v) is 2.47. The van der Waals surface area contributed by atoms with Gasteiger partial charge >= 0.3 is 0 Å². The van der Waals surface area contributed by atoms with Crippen LogP contribution in [0.15, 0.2) is 6.20 Å². The first-order valence-electron chi connectivity index (χ1n) is 3.22. The minimum Gasteiger partial charge on any atom is -0.241 e. The molecule has 0 N–H and O–H groups in total. The lowest BCUT2D eigenvalue weighted by atomic mass is 10.4. The van der Waals surface area contributed by atoms with Crippen LogP contribution in [0.1, 0.15) is 18.3 Å². The maximum Gasteiger partial charge on any atom is 0.135 e. The maximum absolute atomic E-state index is 5.74. The lowest BCUT2D eigenvalue weighted by Crippen LogP contribution is -1.93. The van der Waals surface area contributed by atoms with Crippen LogP contribution in [-0.4, -0.2) is 9.97 Å². The molecule has 0 unspecified atom stereocenters. The highest BCUT2D eigenvalue weighted by Crippen LogP contribution is 2.09. The summed E-state index contributed by atoms with van der Waals surface area (Å²) >= 11 is 5.74. The summed E-state index contributed by atoms with van der Waals surface area (Å²) < 4.78 is 0. The van der Waals surface area contributed by atoms with E-state index in [4.69, 9.17) is 11.6 Å². The lowest BCUT2D eigenvalue weighted by Gasteiger charge is -1.97. The predicted octanol–water partition coefficient (Wildman–Crippen LogP) is 2.00. The van der Waals surface area contributed by atoms with Crippen molar-refractivity contribution in [3.63, 3.8) is 0 Å². The van der Waals surface area contributed by atoms with Crippen molar-refractivity contribution >= 4 is 11.6 Å². The Bertz CT molecular complexity index is 235. The monoisotopic (exact) mass is 156 g/mol. The van der Waals surface area contributed by atoms with Gasteiger partial charge in [-0.3, -0.25) is 0 Å². The van der Waals surface area contributed by atoms with Crippen LogP contribution in [0.5, 0.6) is 0 Å². The Morgan fingerprint density at radius 3 is 2.80 bits per heavy atom. The van der Waals surface area contributed by atoms with Gasteiger partial charge in [-0.1, -0.05) is 18.5 Å². The van der Waals surface area contributed by atoms with E-state index in [0.29, 0.717) is 5.15 Å². The average Bonchev–Trinajstić information content (AvgIpc) is 1.95. The first kappa shape index (κ1) is 7.48. The van der Waals surface area contributed by atoms with Crippen LogP contribution in [0.4, 0.5) is 0 Å². The Labute approximate surface area is 65.3 Å². The summed E-state index contributed by atoms with van der Waals surface area (Å²) in [6.07, 6.45) is 2.58. The van der Waals surface area contributed by atoms with Crippen molar-refractivity contribution in [3.8, 4) is 0 Å². The van der Waals surface area contributed by atoms with E-state index in [1.165, 1.54) is 0 Å². The lowest BCUT2D eigenvalue weighted by molar-refractivity contribution is 0.929. The molecule has 0 radical (unpaired) electrons. The van der Waals surface area contributed by atoms with Gasteiger partial charge in [-0.25, -0.2) is 9.97 Å². The molecule has 0 aliphatic carbocycles. The summed E-state index contributed by atoms with van der Waals surface area (Å²) in [4.78, 5) is 8.11. The van der Waals surface area contributed by atoms with Crippen molar-refractivity contribution in [1.29, 1.82) is 0 Å². The zero-order valence-corrected chi connectivity index (χ0v) is 6.81. The molecule has 0 amide bonds. The van der Waals surface area contributed by atoms with Crippen LogP contribution in [0.3, 0.4) is 0 Å². The summed E-state index contributed by atoms with van der Waals surface area (Å²) in [5.74, 6) is 0.801. The second-order valence-electron chi connectivity index (χ2n) is 2.11. The SMILES string of the molecule is CCc1ncc(C)c(Cl)n1. The number of rotatable bonds is 1. The fourth-order valence-corrected chi connectivity index (χ4v) is 0.772. The van der Waals surface area contributed by atoms with Crippen molar-refractivity contribution < 1.29 is 0 Å². The largest absolute Gasteiger partial charge is 0.241 e. The van der Waals surface area contributed by atoms with Crippen molar-refractivity contribution in [2.75, 3.05) is 0 Å². The van der Waals surface area contributed by atoms with Gasteiger partial charge in [0.05, 0.1) is 0 Å². The number of hydrogen-bond donors (Lipinski definition) is 0. The van der Waals surface area contributed by atoms with Crippen molar-refractivity contribution in [1.82, 2.24) is 9.97 Å². The third-order valence-electron chi connectivity index (χ3n) is 1.28. The molecule has 1 aromatic rings. The van der Waals surface area contributed by atoms with Gasteiger partial charge < -0.3 is 0 Å². The van der Waals surface area contributed by atoms with E-state index in [2.05, 4.69) is 9.97 Å². The van der Waals surface area contributed by atoms with Gasteiger partial charge in [0.2, 0.25) is 0 Å². The molecule has 0 aliphatic heterocycles. The Balaban J connectivity index is 3.04. The number of aryl methyl sites for hydroxylation is 2. The molecule has 2 nitrogen and oxygen atoms in total. The summed E-state index contributed by atoms with van der Waals surface area (Å²) in [5, 5.41) is 0.562. The fraction of sp³-hybridized carbons (Fsp3) is 0.429. The highest BCUT2D eigenvalue weighted by atomic mass is 35.5. The summed E-state index contributed by atoms with van der Waals surface area (Å²) in [5.41, 5.74) is 0.930. The number of halogens is 1. The predicted molar refractivity (Wildman–Crippen MR) is 41.2 cm³/mol. The average molecular weight is 157 g/mol. The van der Waals surface area contributed by atoms with Crippen LogP contribution in [0.2, 0.25) is 5.15 Å². The van der Waals surface area contributed by atoms with E-state index in [0.717, 1.165) is 17.8 Å². The topological polar surface area (TPSA) is 25.8 Å². The van der Waals surface area contributed by atoms with Crippen molar-refractivity contribution in [3.05, 3.63) is 22.7 Å². The smallest absolute Gasteiger partial charge is 0.135 e. The Kier molecular flexibility index (Phi) is 2.22. The molecule has 0 saturated heterocycles. The first-order chi connectivity index (χ1) is 4.74. The molecular formula is C7H9ClN2. The molecule has 0 bridgehead atoms. The van der Waals surface area contributed by atoms with Gasteiger partial charge in [-0.05, 0) is 6.92 Å². The third kappa shape index (κ3) is 1.45. The molecule has 3 heteroatoms. The van der Waals surface area contributed by atoms with E-state index >= 15 is 0 Å². The highest BCUT2D eigenvalue weighted by Gasteiger charge is 1.97. The molecule has 10 heavy (non-hydrogen) atoms. The van der Waals surface area contributed by atoms with Crippen LogP contribution in [0.25, 0.3) is 0 Å². The third-order valence-corrected chi connectivity index (χ3v) is 1.66. The quantitative estimate of drug-likeness (QED) is 0.582. The van der Waals surface area contributed by atoms with Gasteiger partial charge in [-0.2, -0.15) is 0 Å². The van der Waals surface area contributed by atoms with Crippen molar-refractivity contribution in [2.24, 2.45) is 0 Å². The Morgan fingerprint density at radius 1 is 1.60 bits per heavy atom. The number of aromatic nitrogens is 2. The molecule has 1 rings (SSSR count). The minimum atomic E-state index is 0.562. The number of nitrogens with zero attached hydrogens (tertiary/aromatic N) is 2. The molecule has 0 spiro atoms. The van der Waals surface area contributed by atoms with E-state index in [-0.39, 0.29) is 0 Å². The van der Waals surface area contributed by atoms with Crippen LogP contribution in [-0.2, 0) is 6.42 Å². The molecule has 0 aliphatic rings. The second kappa shape index (κ2) is 2.97. The molecule has 0 atom stereocenters. The van der Waals surface area contributed by atoms with Crippen LogP contribution >= 0.6 is 11.6 Å². The van der Waals surface area contributed by atoms with Gasteiger partial charge in [0.15, 0.2) is 0 Å². The van der Waals surface area contributed by atoms with Crippen molar-refractivity contribution in [2.45, 2.75) is 20.3 Å². The molecule has 54 valence electrons. The number of hydrogen-bond acceptors (Lipinski definition) is 2. The zero-order valence-electron chi connectivity index (χ0n) is 6.06. The van der Waals surface area contributed by atoms with E-state index < -0.39 is 0 Å². The van der Waals surface area contributed by atoms with Gasteiger partial charge in [0.25, 0.3) is 0 Å². The maximum atomic E-state index is 5.74. The summed E-state index contributed by atoms with van der Waals surface area (Å²) in [6.45, 7) is 3.89. The zero-order chi connectivity index (χ0) is 7.56. The summed E-state index contributed by atoms with van der Waals surface area (Å²) in [7, 11) is 0. The highest BCUT2D eigenvalue weighted by molar-refractivity contribution is 6.30. The van der Waals surface area contributed by atoms with E-state index in [1.54, 1.807) is 6.20 Å². The fourth-order valence-electron chi connectivity index (χ4n) is 0.625. The van der Waals surface area contributed by atoms with E-state index in [9.17, 15) is 0 Å². The minimum absolute atomic E-state index is 0.562.